The van der Waals surface area contributed by atoms with Crippen molar-refractivity contribution in [3.63, 3.8) is 0 Å². The van der Waals surface area contributed by atoms with Crippen LogP contribution in [-0.2, 0) is 22.7 Å². The molecule has 1 aromatic heterocycles. The average molecular weight is 377 g/mol. The minimum absolute atomic E-state index is 0.144. The first-order valence-electron chi connectivity index (χ1n) is 8.83. The molecule has 1 atom stereocenters. The number of benzene rings is 2. The second-order valence-electron chi connectivity index (χ2n) is 6.47. The van der Waals surface area contributed by atoms with Gasteiger partial charge in [-0.05, 0) is 29.3 Å². The van der Waals surface area contributed by atoms with E-state index in [0.717, 1.165) is 11.1 Å². The van der Waals surface area contributed by atoms with Gasteiger partial charge in [0.2, 0.25) is 5.91 Å². The number of ether oxygens (including phenoxy) is 2. The Kier molecular flexibility index (Phi) is 4.80. The van der Waals surface area contributed by atoms with Crippen LogP contribution in [0.2, 0.25) is 0 Å². The molecule has 7 heteroatoms. The molecule has 2 heterocycles. The molecular weight excluding hydrogens is 358 g/mol. The molecule has 142 valence electrons. The molecule has 2 aromatic carbocycles. The molecule has 0 spiro atoms. The van der Waals surface area contributed by atoms with Crippen molar-refractivity contribution in [2.24, 2.45) is 0 Å². The highest BCUT2D eigenvalue weighted by Gasteiger charge is 2.27. The van der Waals surface area contributed by atoms with Crippen LogP contribution in [0.15, 0.2) is 61.2 Å². The maximum absolute atomic E-state index is 12.7. The zero-order valence-corrected chi connectivity index (χ0v) is 15.3. The number of carbonyl (C=O) groups is 2. The summed E-state index contributed by atoms with van der Waals surface area (Å²) in [6, 6.07) is 12.4. The summed E-state index contributed by atoms with van der Waals surface area (Å²) in [6.45, 7) is 0.528. The van der Waals surface area contributed by atoms with E-state index < -0.39 is 12.0 Å². The van der Waals surface area contributed by atoms with Crippen LogP contribution >= 0.6 is 0 Å². The minimum Gasteiger partial charge on any atom is -0.489 e. The predicted octanol–water partition coefficient (Wildman–Crippen LogP) is 2.47. The number of hydrogen-bond donors (Lipinski definition) is 1. The number of hydrogen-bond acceptors (Lipinski definition) is 5. The lowest BCUT2D eigenvalue weighted by atomic mass is 9.93. The average Bonchev–Trinajstić information content (AvgIpc) is 3.17. The van der Waals surface area contributed by atoms with Crippen molar-refractivity contribution in [2.75, 3.05) is 7.11 Å². The number of rotatable bonds is 4. The first-order valence-corrected chi connectivity index (χ1v) is 8.83. The Hall–Kier alpha value is -3.61. The van der Waals surface area contributed by atoms with Gasteiger partial charge in [-0.25, -0.2) is 9.78 Å². The molecule has 0 bridgehead atoms. The van der Waals surface area contributed by atoms with Crippen LogP contribution in [0.1, 0.15) is 33.1 Å². The van der Waals surface area contributed by atoms with Gasteiger partial charge in [-0.1, -0.05) is 24.3 Å². The highest BCUT2D eigenvalue weighted by Crippen LogP contribution is 2.36. The number of esters is 1. The molecule has 0 saturated carbocycles. The topological polar surface area (TPSA) is 82.5 Å². The van der Waals surface area contributed by atoms with E-state index in [4.69, 9.17) is 9.47 Å². The van der Waals surface area contributed by atoms with Gasteiger partial charge >= 0.3 is 5.97 Å². The summed E-state index contributed by atoms with van der Waals surface area (Å²) < 4.78 is 12.5. The number of carbonyl (C=O) groups excluding carboxylic acids is 2. The van der Waals surface area contributed by atoms with Gasteiger partial charge in [-0.2, -0.15) is 0 Å². The maximum atomic E-state index is 12.7. The van der Waals surface area contributed by atoms with Gasteiger partial charge in [-0.3, -0.25) is 4.79 Å². The van der Waals surface area contributed by atoms with E-state index in [-0.39, 0.29) is 12.5 Å². The maximum Gasteiger partial charge on any atom is 0.337 e. The third-order valence-electron chi connectivity index (χ3n) is 4.68. The zero-order chi connectivity index (χ0) is 19.5. The predicted molar refractivity (Wildman–Crippen MR) is 101 cm³/mol. The second kappa shape index (κ2) is 7.56. The molecule has 1 unspecified atom stereocenters. The molecule has 0 fully saturated rings. The Morgan fingerprint density at radius 1 is 1.25 bits per heavy atom. The van der Waals surface area contributed by atoms with Gasteiger partial charge in [0, 0.05) is 18.0 Å². The number of nitrogens with zero attached hydrogens (tertiary/aromatic N) is 2. The van der Waals surface area contributed by atoms with E-state index >= 15 is 0 Å². The van der Waals surface area contributed by atoms with Crippen molar-refractivity contribution in [1.29, 1.82) is 0 Å². The largest absolute Gasteiger partial charge is 0.489 e. The summed E-state index contributed by atoms with van der Waals surface area (Å²) in [6.07, 6.45) is 4.94. The third kappa shape index (κ3) is 3.46. The zero-order valence-electron chi connectivity index (χ0n) is 15.3. The van der Waals surface area contributed by atoms with Gasteiger partial charge < -0.3 is 19.4 Å². The first-order chi connectivity index (χ1) is 13.7. The lowest BCUT2D eigenvalue weighted by Crippen LogP contribution is -2.32. The Bertz CT molecular complexity index is 1010. The molecule has 1 aliphatic heterocycles. The van der Waals surface area contributed by atoms with E-state index in [9.17, 15) is 9.59 Å². The standard InChI is InChI=1S/C21H19N3O4/c1-27-21(26)14-6-7-18-17(10-14)20(16-5-3-2-4-15(16)12-28-18)23-19(25)11-24-9-8-22-13-24/h2-10,13,20H,11-12H2,1H3,(H,23,25). The fourth-order valence-electron chi connectivity index (χ4n) is 3.33. The number of imidazole rings is 1. The van der Waals surface area contributed by atoms with Crippen LogP contribution in [0.25, 0.3) is 0 Å². The molecule has 0 radical (unpaired) electrons. The van der Waals surface area contributed by atoms with Crippen molar-refractivity contribution in [2.45, 2.75) is 19.2 Å². The summed E-state index contributed by atoms with van der Waals surface area (Å²) in [4.78, 5) is 28.7. The highest BCUT2D eigenvalue weighted by molar-refractivity contribution is 5.90. The molecule has 0 saturated heterocycles. The normalized spacial score (nSPS) is 14.8. The lowest BCUT2D eigenvalue weighted by Gasteiger charge is -2.21. The molecular formula is C21H19N3O4. The number of nitrogens with one attached hydrogen (secondary N) is 1. The molecule has 4 rings (SSSR count). The molecule has 1 amide bonds. The SMILES string of the molecule is COC(=O)c1ccc2c(c1)C(NC(=O)Cn1ccnc1)c1ccccc1CO2. The molecule has 1 N–H and O–H groups in total. The molecule has 28 heavy (non-hydrogen) atoms. The number of methoxy groups -OCH3 is 1. The summed E-state index contributed by atoms with van der Waals surface area (Å²) in [5.41, 5.74) is 3.03. The molecule has 0 aliphatic carbocycles. The van der Waals surface area contributed by atoms with Crippen LogP contribution in [-0.4, -0.2) is 28.5 Å². The van der Waals surface area contributed by atoms with E-state index in [1.165, 1.54) is 7.11 Å². The van der Waals surface area contributed by atoms with Gasteiger partial charge in [0.1, 0.15) is 18.9 Å². The van der Waals surface area contributed by atoms with Gasteiger partial charge in [-0.15, -0.1) is 0 Å². The van der Waals surface area contributed by atoms with E-state index in [1.807, 2.05) is 24.3 Å². The fourth-order valence-corrected chi connectivity index (χ4v) is 3.33. The van der Waals surface area contributed by atoms with Crippen molar-refractivity contribution >= 4 is 11.9 Å². The van der Waals surface area contributed by atoms with E-state index in [0.29, 0.717) is 23.5 Å². The molecule has 1 aliphatic rings. The van der Waals surface area contributed by atoms with Crippen LogP contribution in [0, 0.1) is 0 Å². The number of fused-ring (bicyclic) bond motifs is 2. The Balaban J connectivity index is 1.74. The van der Waals surface area contributed by atoms with Gasteiger partial charge in [0.05, 0.1) is 25.0 Å². The molecule has 3 aromatic rings. The van der Waals surface area contributed by atoms with Crippen LogP contribution < -0.4 is 10.1 Å². The number of amides is 1. The van der Waals surface area contributed by atoms with E-state index in [2.05, 4.69) is 10.3 Å². The van der Waals surface area contributed by atoms with Crippen LogP contribution in [0.4, 0.5) is 0 Å². The Labute approximate surface area is 161 Å². The second-order valence-corrected chi connectivity index (χ2v) is 6.47. The van der Waals surface area contributed by atoms with Gasteiger partial charge in [0.25, 0.3) is 0 Å². The third-order valence-corrected chi connectivity index (χ3v) is 4.68. The van der Waals surface area contributed by atoms with Crippen molar-refractivity contribution < 1.29 is 19.1 Å². The van der Waals surface area contributed by atoms with Crippen molar-refractivity contribution in [1.82, 2.24) is 14.9 Å². The minimum atomic E-state index is -0.450. The molecule has 7 nitrogen and oxygen atoms in total. The Morgan fingerprint density at radius 3 is 2.89 bits per heavy atom. The summed E-state index contributed by atoms with van der Waals surface area (Å²) in [7, 11) is 1.34. The monoisotopic (exact) mass is 377 g/mol. The van der Waals surface area contributed by atoms with Crippen LogP contribution in [0.3, 0.4) is 0 Å². The number of aromatic nitrogens is 2. The quantitative estimate of drug-likeness (QED) is 0.707. The highest BCUT2D eigenvalue weighted by atomic mass is 16.5. The summed E-state index contributed by atoms with van der Waals surface area (Å²) in [5, 5.41) is 3.07. The van der Waals surface area contributed by atoms with Gasteiger partial charge in [0.15, 0.2) is 0 Å². The summed E-state index contributed by atoms with van der Waals surface area (Å²) in [5.74, 6) is 0.00901. The first kappa shape index (κ1) is 17.8. The van der Waals surface area contributed by atoms with Crippen molar-refractivity contribution in [3.8, 4) is 5.75 Å². The smallest absolute Gasteiger partial charge is 0.337 e. The lowest BCUT2D eigenvalue weighted by molar-refractivity contribution is -0.122. The van der Waals surface area contributed by atoms with Crippen LogP contribution in [0.5, 0.6) is 5.75 Å². The summed E-state index contributed by atoms with van der Waals surface area (Å²) >= 11 is 0. The fraction of sp³-hybridized carbons (Fsp3) is 0.190. The Morgan fingerprint density at radius 2 is 2.11 bits per heavy atom. The van der Waals surface area contributed by atoms with E-state index in [1.54, 1.807) is 41.5 Å². The van der Waals surface area contributed by atoms with Crippen molar-refractivity contribution in [3.05, 3.63) is 83.4 Å².